The van der Waals surface area contributed by atoms with Crippen molar-refractivity contribution < 1.29 is 32.6 Å². The maximum Gasteiger partial charge on any atom is 0.336 e. The highest BCUT2D eigenvalue weighted by atomic mass is 32.2. The summed E-state index contributed by atoms with van der Waals surface area (Å²) in [5.74, 6) is -1.19. The molecule has 0 bridgehead atoms. The van der Waals surface area contributed by atoms with Crippen LogP contribution >= 0.6 is 0 Å². The fourth-order valence-electron chi connectivity index (χ4n) is 2.33. The van der Waals surface area contributed by atoms with Gasteiger partial charge in [-0.2, -0.15) is 0 Å². The van der Waals surface area contributed by atoms with Gasteiger partial charge in [0.1, 0.15) is 0 Å². The van der Waals surface area contributed by atoms with Crippen LogP contribution in [0.25, 0.3) is 11.6 Å². The number of aliphatic carboxylic acids is 1. The van der Waals surface area contributed by atoms with Crippen LogP contribution in [-0.2, 0) is 19.4 Å². The molecule has 0 spiro atoms. The van der Waals surface area contributed by atoms with Crippen LogP contribution in [0.15, 0.2) is 47.4 Å². The Bertz CT molecular complexity index is 1000. The Kier molecular flexibility index (Phi) is 6.02. The van der Waals surface area contributed by atoms with E-state index in [1.807, 2.05) is 0 Å². The highest BCUT2D eigenvalue weighted by molar-refractivity contribution is 7.90. The van der Waals surface area contributed by atoms with Gasteiger partial charge < -0.3 is 14.6 Å². The number of ether oxygens (including phenoxy) is 2. The van der Waals surface area contributed by atoms with Crippen molar-refractivity contribution in [2.45, 2.75) is 11.8 Å². The molecule has 1 N–H and O–H groups in total. The quantitative estimate of drug-likeness (QED) is 0.350. The fourth-order valence-corrected chi connectivity index (χ4v) is 2.96. The monoisotopic (exact) mass is 390 g/mol. The van der Waals surface area contributed by atoms with Gasteiger partial charge in [-0.25, -0.2) is 13.2 Å². The fraction of sp³-hybridized carbons (Fsp3) is 0.158. The summed E-state index contributed by atoms with van der Waals surface area (Å²) in [5, 5.41) is 9.53. The van der Waals surface area contributed by atoms with E-state index in [2.05, 4.69) is 0 Å². The van der Waals surface area contributed by atoms with Crippen LogP contribution in [0, 0.1) is 0 Å². The van der Waals surface area contributed by atoms with Gasteiger partial charge in [0.2, 0.25) is 0 Å². The van der Waals surface area contributed by atoms with Crippen molar-refractivity contribution in [1.82, 2.24) is 0 Å². The minimum Gasteiger partial charge on any atom is -0.493 e. The summed E-state index contributed by atoms with van der Waals surface area (Å²) < 4.78 is 33.3. The zero-order valence-electron chi connectivity index (χ0n) is 14.9. The van der Waals surface area contributed by atoms with Crippen LogP contribution in [0.2, 0.25) is 0 Å². The molecule has 0 aromatic heterocycles. The minimum absolute atomic E-state index is 0.0302. The SMILES string of the molecule is COc1cc(/C=C(/C(=O)O)c2ccc(S(C)(=O)=O)cc2)ccc1OC(C)=O. The van der Waals surface area contributed by atoms with Gasteiger partial charge in [-0.3, -0.25) is 4.79 Å². The van der Waals surface area contributed by atoms with E-state index >= 15 is 0 Å². The average Bonchev–Trinajstić information content (AvgIpc) is 2.59. The van der Waals surface area contributed by atoms with Crippen molar-refractivity contribution >= 4 is 33.4 Å². The van der Waals surface area contributed by atoms with E-state index in [1.54, 1.807) is 6.07 Å². The number of esters is 1. The Balaban J connectivity index is 2.46. The van der Waals surface area contributed by atoms with Crippen molar-refractivity contribution in [3.8, 4) is 11.5 Å². The summed E-state index contributed by atoms with van der Waals surface area (Å²) >= 11 is 0. The first-order chi connectivity index (χ1) is 12.6. The molecule has 2 aromatic rings. The average molecular weight is 390 g/mol. The lowest BCUT2D eigenvalue weighted by Gasteiger charge is -2.09. The number of carboxylic acid groups (broad SMARTS) is 1. The molecule has 7 nitrogen and oxygen atoms in total. The number of carbonyl (C=O) groups is 2. The molecule has 142 valence electrons. The number of benzene rings is 2. The number of hydrogen-bond acceptors (Lipinski definition) is 6. The van der Waals surface area contributed by atoms with Gasteiger partial charge in [0.05, 0.1) is 17.6 Å². The second kappa shape index (κ2) is 8.05. The van der Waals surface area contributed by atoms with Crippen molar-refractivity contribution in [1.29, 1.82) is 0 Å². The molecule has 0 saturated carbocycles. The molecule has 0 aliphatic rings. The summed E-state index contributed by atoms with van der Waals surface area (Å²) in [6.07, 6.45) is 2.49. The van der Waals surface area contributed by atoms with Gasteiger partial charge in [-0.15, -0.1) is 0 Å². The van der Waals surface area contributed by atoms with Gasteiger partial charge in [-0.1, -0.05) is 18.2 Å². The molecular formula is C19H18O7S. The van der Waals surface area contributed by atoms with Crippen LogP contribution in [0.5, 0.6) is 11.5 Å². The van der Waals surface area contributed by atoms with Crippen molar-refractivity contribution in [2.75, 3.05) is 13.4 Å². The summed E-state index contributed by atoms with van der Waals surface area (Å²) in [4.78, 5) is 22.9. The molecule has 2 rings (SSSR count). The summed E-state index contributed by atoms with van der Waals surface area (Å²) in [6.45, 7) is 1.26. The van der Waals surface area contributed by atoms with E-state index in [0.717, 1.165) is 6.26 Å². The zero-order valence-corrected chi connectivity index (χ0v) is 15.7. The van der Waals surface area contributed by atoms with Gasteiger partial charge in [-0.05, 0) is 41.5 Å². The summed E-state index contributed by atoms with van der Waals surface area (Å²) in [6, 6.07) is 10.2. The topological polar surface area (TPSA) is 107 Å². The first-order valence-corrected chi connectivity index (χ1v) is 9.63. The maximum absolute atomic E-state index is 11.7. The third kappa shape index (κ3) is 5.18. The number of sulfone groups is 1. The Morgan fingerprint density at radius 1 is 1.04 bits per heavy atom. The number of carbonyl (C=O) groups excluding carboxylic acids is 1. The number of hydrogen-bond donors (Lipinski definition) is 1. The van der Waals surface area contributed by atoms with Crippen molar-refractivity contribution in [3.05, 3.63) is 53.6 Å². The Morgan fingerprint density at radius 2 is 1.67 bits per heavy atom. The van der Waals surface area contributed by atoms with Crippen LogP contribution < -0.4 is 9.47 Å². The molecule has 0 fully saturated rings. The second-order valence-electron chi connectivity index (χ2n) is 5.66. The summed E-state index contributed by atoms with van der Waals surface area (Å²) in [5.41, 5.74) is 0.822. The van der Waals surface area contributed by atoms with E-state index in [4.69, 9.17) is 9.47 Å². The molecule has 8 heteroatoms. The first-order valence-electron chi connectivity index (χ1n) is 7.73. The lowest BCUT2D eigenvalue weighted by atomic mass is 10.0. The molecule has 0 heterocycles. The molecule has 0 aliphatic carbocycles. The molecule has 0 radical (unpaired) electrons. The zero-order chi connectivity index (χ0) is 20.2. The molecule has 0 amide bonds. The molecular weight excluding hydrogens is 372 g/mol. The predicted molar refractivity (Wildman–Crippen MR) is 99.4 cm³/mol. The van der Waals surface area contributed by atoms with E-state index in [1.165, 1.54) is 56.5 Å². The predicted octanol–water partition coefficient (Wildman–Crippen LogP) is 2.65. The standard InChI is InChI=1S/C19H18O7S/c1-12(20)26-17-9-4-13(11-18(17)25-2)10-16(19(21)22)14-5-7-15(8-6-14)27(3,23)24/h4-11H,1-3H3,(H,21,22)/b16-10+. The normalized spacial score (nSPS) is 11.7. The maximum atomic E-state index is 11.7. The molecule has 0 aliphatic heterocycles. The van der Waals surface area contributed by atoms with Gasteiger partial charge in [0, 0.05) is 13.2 Å². The number of rotatable bonds is 6. The highest BCUT2D eigenvalue weighted by Crippen LogP contribution is 2.30. The van der Waals surface area contributed by atoms with Crippen LogP contribution in [0.1, 0.15) is 18.1 Å². The van der Waals surface area contributed by atoms with Gasteiger partial charge in [0.15, 0.2) is 21.3 Å². The second-order valence-corrected chi connectivity index (χ2v) is 7.68. The van der Waals surface area contributed by atoms with E-state index in [0.29, 0.717) is 11.1 Å². The van der Waals surface area contributed by atoms with E-state index in [-0.39, 0.29) is 22.0 Å². The van der Waals surface area contributed by atoms with Crippen LogP contribution in [0.4, 0.5) is 0 Å². The summed E-state index contributed by atoms with van der Waals surface area (Å²) in [7, 11) is -1.97. The molecule has 0 unspecified atom stereocenters. The number of methoxy groups -OCH3 is 1. The third-order valence-electron chi connectivity index (χ3n) is 3.58. The largest absolute Gasteiger partial charge is 0.493 e. The molecule has 2 aromatic carbocycles. The lowest BCUT2D eigenvalue weighted by molar-refractivity contribution is -0.132. The van der Waals surface area contributed by atoms with Crippen LogP contribution in [-0.4, -0.2) is 38.8 Å². The number of carboxylic acids is 1. The lowest BCUT2D eigenvalue weighted by Crippen LogP contribution is -2.03. The van der Waals surface area contributed by atoms with E-state index < -0.39 is 21.8 Å². The van der Waals surface area contributed by atoms with Crippen molar-refractivity contribution in [2.24, 2.45) is 0 Å². The Hall–Kier alpha value is -3.13. The van der Waals surface area contributed by atoms with Gasteiger partial charge in [0.25, 0.3) is 0 Å². The third-order valence-corrected chi connectivity index (χ3v) is 4.70. The minimum atomic E-state index is -3.37. The molecule has 27 heavy (non-hydrogen) atoms. The molecule has 0 atom stereocenters. The van der Waals surface area contributed by atoms with E-state index in [9.17, 15) is 23.1 Å². The smallest absolute Gasteiger partial charge is 0.336 e. The Labute approximate surface area is 156 Å². The van der Waals surface area contributed by atoms with Crippen LogP contribution in [0.3, 0.4) is 0 Å². The Morgan fingerprint density at radius 3 is 2.15 bits per heavy atom. The van der Waals surface area contributed by atoms with Crippen molar-refractivity contribution in [3.63, 3.8) is 0 Å². The molecule has 0 saturated heterocycles. The first kappa shape index (κ1) is 20.2. The highest BCUT2D eigenvalue weighted by Gasteiger charge is 2.14. The van der Waals surface area contributed by atoms with Gasteiger partial charge >= 0.3 is 11.9 Å².